The number of nitrogens with one attached hydrogen (secondary N) is 1. The summed E-state index contributed by atoms with van der Waals surface area (Å²) in [7, 11) is 3.76. The highest BCUT2D eigenvalue weighted by atomic mass is 16.4. The zero-order chi connectivity index (χ0) is 27.0. The fraction of sp³-hybridized carbons (Fsp3) is 0.423. The summed E-state index contributed by atoms with van der Waals surface area (Å²) in [5.41, 5.74) is 2.75. The van der Waals surface area contributed by atoms with E-state index in [9.17, 15) is 19.5 Å². The third kappa shape index (κ3) is 4.86. The van der Waals surface area contributed by atoms with Crippen molar-refractivity contribution in [2.45, 2.75) is 25.0 Å². The smallest absolute Gasteiger partial charge is 0.326 e. The second-order valence-electron chi connectivity index (χ2n) is 9.91. The van der Waals surface area contributed by atoms with Crippen molar-refractivity contribution in [3.8, 4) is 0 Å². The lowest BCUT2D eigenvalue weighted by atomic mass is 10.1. The minimum absolute atomic E-state index is 0.126. The van der Waals surface area contributed by atoms with Crippen LogP contribution >= 0.6 is 0 Å². The Morgan fingerprint density at radius 1 is 1.13 bits per heavy atom. The second-order valence-corrected chi connectivity index (χ2v) is 9.91. The maximum atomic E-state index is 13.3. The zero-order valence-corrected chi connectivity index (χ0v) is 21.6. The Bertz CT molecular complexity index is 1240. The molecule has 0 aliphatic carbocycles. The van der Waals surface area contributed by atoms with Gasteiger partial charge in [0.05, 0.1) is 12.6 Å². The summed E-state index contributed by atoms with van der Waals surface area (Å²) in [6.07, 6.45) is 2.92. The van der Waals surface area contributed by atoms with E-state index in [0.29, 0.717) is 11.8 Å². The number of carbonyl (C=O) groups excluding carboxylic acids is 2. The molecule has 0 saturated carbocycles. The van der Waals surface area contributed by atoms with Gasteiger partial charge in [0.15, 0.2) is 0 Å². The molecule has 3 aliphatic rings. The van der Waals surface area contributed by atoms with Gasteiger partial charge < -0.3 is 30.0 Å². The van der Waals surface area contributed by atoms with Gasteiger partial charge >= 0.3 is 12.0 Å². The Morgan fingerprint density at radius 2 is 1.84 bits per heavy atom. The number of hydrogen-bond donors (Lipinski definition) is 2. The van der Waals surface area contributed by atoms with Gasteiger partial charge in [-0.1, -0.05) is 6.58 Å². The predicted octanol–water partition coefficient (Wildman–Crippen LogP) is 1.58. The van der Waals surface area contributed by atoms with Crippen LogP contribution in [0.2, 0.25) is 0 Å². The minimum atomic E-state index is -1.10. The van der Waals surface area contributed by atoms with Crippen molar-refractivity contribution in [3.05, 3.63) is 48.7 Å². The highest BCUT2D eigenvalue weighted by molar-refractivity contribution is 5.94. The van der Waals surface area contributed by atoms with Crippen LogP contribution in [0.25, 0.3) is 0 Å². The molecular formula is C26H32N8O4. The van der Waals surface area contributed by atoms with Crippen LogP contribution in [0.4, 0.5) is 27.9 Å². The van der Waals surface area contributed by atoms with Gasteiger partial charge in [0.1, 0.15) is 11.9 Å². The quantitative estimate of drug-likeness (QED) is 0.546. The van der Waals surface area contributed by atoms with Gasteiger partial charge in [-0.25, -0.2) is 14.6 Å². The lowest BCUT2D eigenvalue weighted by molar-refractivity contribution is -0.146. The molecule has 3 aliphatic heterocycles. The number of carbonyl (C=O) groups is 3. The van der Waals surface area contributed by atoms with Crippen LogP contribution in [0, 0.1) is 0 Å². The van der Waals surface area contributed by atoms with Gasteiger partial charge in [0.2, 0.25) is 11.9 Å². The standard InChI is InChI=1S/C26H32N8O4/c1-4-22(35)34-16-20(13-21(34)24(36)37)33-15-17-14-27-25(29-23(17)31(3)26(33)38)28-18-5-7-19(8-6-18)32-11-9-30(2)10-12-32/h4-8,14,20-21H,1,9-13,15-16H2,2-3H3,(H,36,37)(H,27,28,29)/t20-,21+/m0/s1. The molecule has 1 aromatic heterocycles. The molecule has 0 spiro atoms. The number of urea groups is 1. The lowest BCUT2D eigenvalue weighted by Gasteiger charge is -2.37. The summed E-state index contributed by atoms with van der Waals surface area (Å²) in [6, 6.07) is 6.37. The van der Waals surface area contributed by atoms with Crippen molar-refractivity contribution < 1.29 is 19.5 Å². The molecule has 12 heteroatoms. The number of carboxylic acids is 1. The number of piperazine rings is 1. The minimum Gasteiger partial charge on any atom is -0.480 e. The van der Waals surface area contributed by atoms with E-state index in [-0.39, 0.29) is 25.5 Å². The van der Waals surface area contributed by atoms with E-state index in [1.54, 1.807) is 18.1 Å². The molecular weight excluding hydrogens is 488 g/mol. The molecule has 3 amide bonds. The number of likely N-dealkylation sites (N-methyl/N-ethyl adjacent to an activating group) is 1. The first kappa shape index (κ1) is 25.5. The molecule has 2 atom stereocenters. The van der Waals surface area contributed by atoms with Crippen molar-refractivity contribution in [2.24, 2.45) is 0 Å². The molecule has 0 radical (unpaired) electrons. The third-order valence-corrected chi connectivity index (χ3v) is 7.49. The summed E-state index contributed by atoms with van der Waals surface area (Å²) in [5.74, 6) is -0.700. The summed E-state index contributed by atoms with van der Waals surface area (Å²) >= 11 is 0. The highest BCUT2D eigenvalue weighted by Crippen LogP contribution is 2.32. The summed E-state index contributed by atoms with van der Waals surface area (Å²) in [4.78, 5) is 55.2. The number of amides is 3. The topological polar surface area (TPSA) is 125 Å². The summed E-state index contributed by atoms with van der Waals surface area (Å²) in [6.45, 7) is 7.89. The molecule has 5 rings (SSSR count). The van der Waals surface area contributed by atoms with E-state index in [2.05, 4.69) is 50.8 Å². The van der Waals surface area contributed by atoms with Crippen molar-refractivity contribution in [1.82, 2.24) is 24.7 Å². The number of aliphatic carboxylic acids is 1. The Labute approximate surface area is 221 Å². The highest BCUT2D eigenvalue weighted by Gasteiger charge is 2.44. The SMILES string of the molecule is C=CC(=O)N1C[C@@H](N2Cc3cnc(Nc4ccc(N5CCN(C)CC5)cc4)nc3N(C)C2=O)C[C@@H]1C(=O)O. The number of benzene rings is 1. The number of nitrogens with zero attached hydrogens (tertiary/aromatic N) is 7. The van der Waals surface area contributed by atoms with Crippen molar-refractivity contribution in [1.29, 1.82) is 0 Å². The van der Waals surface area contributed by atoms with Gasteiger partial charge in [0, 0.05) is 69.3 Å². The molecule has 38 heavy (non-hydrogen) atoms. The van der Waals surface area contributed by atoms with Gasteiger partial charge in [-0.3, -0.25) is 9.69 Å². The summed E-state index contributed by atoms with van der Waals surface area (Å²) in [5, 5.41) is 12.8. The fourth-order valence-electron chi connectivity index (χ4n) is 5.26. The van der Waals surface area contributed by atoms with E-state index < -0.39 is 24.0 Å². The Kier molecular flexibility index (Phi) is 6.89. The van der Waals surface area contributed by atoms with Gasteiger partial charge in [-0.15, -0.1) is 0 Å². The number of fused-ring (bicyclic) bond motifs is 1. The molecule has 2 saturated heterocycles. The zero-order valence-electron chi connectivity index (χ0n) is 21.6. The second kappa shape index (κ2) is 10.3. The fourth-order valence-corrected chi connectivity index (χ4v) is 5.26. The van der Waals surface area contributed by atoms with Crippen LogP contribution in [0.5, 0.6) is 0 Å². The molecule has 2 N–H and O–H groups in total. The van der Waals surface area contributed by atoms with Gasteiger partial charge in [-0.05, 0) is 37.4 Å². The van der Waals surface area contributed by atoms with Gasteiger partial charge in [0.25, 0.3) is 0 Å². The van der Waals surface area contributed by atoms with Crippen LogP contribution in [0.1, 0.15) is 12.0 Å². The molecule has 0 bridgehead atoms. The van der Waals surface area contributed by atoms with Crippen molar-refractivity contribution in [3.63, 3.8) is 0 Å². The van der Waals surface area contributed by atoms with E-state index in [1.807, 2.05) is 12.1 Å². The number of aromatic nitrogens is 2. The van der Waals surface area contributed by atoms with Gasteiger partial charge in [-0.2, -0.15) is 4.98 Å². The average Bonchev–Trinajstić information content (AvgIpc) is 3.37. The van der Waals surface area contributed by atoms with E-state index >= 15 is 0 Å². The molecule has 12 nitrogen and oxygen atoms in total. The third-order valence-electron chi connectivity index (χ3n) is 7.49. The van der Waals surface area contributed by atoms with Crippen LogP contribution in [-0.4, -0.2) is 107 Å². The predicted molar refractivity (Wildman–Crippen MR) is 143 cm³/mol. The Balaban J connectivity index is 1.28. The van der Waals surface area contributed by atoms with Crippen molar-refractivity contribution in [2.75, 3.05) is 61.9 Å². The Hall–Kier alpha value is -4.19. The molecule has 0 unspecified atom stereocenters. The van der Waals surface area contributed by atoms with E-state index in [4.69, 9.17) is 0 Å². The normalized spacial score (nSPS) is 21.9. The van der Waals surface area contributed by atoms with Crippen LogP contribution in [0.15, 0.2) is 43.1 Å². The molecule has 200 valence electrons. The molecule has 2 aromatic rings. The maximum absolute atomic E-state index is 13.3. The number of anilines is 4. The number of likely N-dealkylation sites (tertiary alicyclic amines) is 1. The van der Waals surface area contributed by atoms with E-state index in [1.165, 1.54) is 15.5 Å². The van der Waals surface area contributed by atoms with Crippen molar-refractivity contribution >= 4 is 41.0 Å². The number of hydrogen-bond acceptors (Lipinski definition) is 8. The van der Waals surface area contributed by atoms with Crippen LogP contribution < -0.4 is 15.1 Å². The first-order valence-corrected chi connectivity index (χ1v) is 12.6. The lowest BCUT2D eigenvalue weighted by Crippen LogP contribution is -2.51. The van der Waals surface area contributed by atoms with E-state index in [0.717, 1.165) is 43.5 Å². The molecule has 1 aromatic carbocycles. The average molecular weight is 521 g/mol. The first-order chi connectivity index (χ1) is 18.2. The molecule has 2 fully saturated rings. The van der Waals surface area contributed by atoms with Crippen LogP contribution in [-0.2, 0) is 16.1 Å². The summed E-state index contributed by atoms with van der Waals surface area (Å²) < 4.78 is 0. The number of carboxylic acid groups (broad SMARTS) is 1. The van der Waals surface area contributed by atoms with Crippen LogP contribution in [0.3, 0.4) is 0 Å². The monoisotopic (exact) mass is 520 g/mol. The maximum Gasteiger partial charge on any atom is 0.326 e. The molecule has 4 heterocycles. The Morgan fingerprint density at radius 3 is 2.50 bits per heavy atom. The number of rotatable bonds is 6. The largest absolute Gasteiger partial charge is 0.480 e. The first-order valence-electron chi connectivity index (χ1n) is 12.6.